The lowest BCUT2D eigenvalue weighted by molar-refractivity contribution is 0.668. The Kier molecular flexibility index (Phi) is 7.55. The summed E-state index contributed by atoms with van der Waals surface area (Å²) in [6.45, 7) is 4.24. The van der Waals surface area contributed by atoms with E-state index in [4.69, 9.17) is 8.83 Å². The van der Waals surface area contributed by atoms with Crippen molar-refractivity contribution in [1.82, 2.24) is 0 Å². The smallest absolute Gasteiger partial charge is 0.135 e. The molecule has 0 N–H and O–H groups in total. The Labute approximate surface area is 313 Å². The Morgan fingerprint density at radius 3 is 1.00 bits per heavy atom. The van der Waals surface area contributed by atoms with E-state index in [2.05, 4.69) is 206 Å². The van der Waals surface area contributed by atoms with E-state index >= 15 is 0 Å². The summed E-state index contributed by atoms with van der Waals surface area (Å²) in [5.41, 5.74) is 14.8. The van der Waals surface area contributed by atoms with Crippen molar-refractivity contribution in [3.63, 3.8) is 0 Å². The molecule has 4 nitrogen and oxygen atoms in total. The molecular weight excluding hydrogens is 661 g/mol. The molecule has 10 rings (SSSR count). The zero-order valence-electron chi connectivity index (χ0n) is 30.0. The molecule has 0 spiro atoms. The van der Waals surface area contributed by atoms with E-state index < -0.39 is 0 Å². The number of benzene rings is 8. The Morgan fingerprint density at radius 1 is 0.296 bits per heavy atom. The highest BCUT2D eigenvalue weighted by atomic mass is 16.3. The van der Waals surface area contributed by atoms with Gasteiger partial charge in [0.1, 0.15) is 22.3 Å². The van der Waals surface area contributed by atoms with Crippen molar-refractivity contribution in [1.29, 1.82) is 0 Å². The number of hydrogen-bond donors (Lipinski definition) is 0. The molecule has 0 bridgehead atoms. The Balaban J connectivity index is 1.00. The Morgan fingerprint density at radius 2 is 0.611 bits per heavy atom. The number of hydrogen-bond acceptors (Lipinski definition) is 4. The van der Waals surface area contributed by atoms with Crippen LogP contribution in [-0.4, -0.2) is 0 Å². The molecule has 0 amide bonds. The van der Waals surface area contributed by atoms with Crippen molar-refractivity contribution >= 4 is 78.0 Å². The quantitative estimate of drug-likeness (QED) is 0.166. The molecule has 0 aliphatic rings. The monoisotopic (exact) mass is 696 g/mol. The predicted molar refractivity (Wildman–Crippen MR) is 225 cm³/mol. The second kappa shape index (κ2) is 12.9. The third-order valence-electron chi connectivity index (χ3n) is 10.3. The van der Waals surface area contributed by atoms with Crippen LogP contribution in [-0.2, 0) is 0 Å². The summed E-state index contributed by atoms with van der Waals surface area (Å²) < 4.78 is 12.4. The molecule has 0 radical (unpaired) electrons. The number of nitrogens with zero attached hydrogens (tertiary/aromatic N) is 2. The van der Waals surface area contributed by atoms with Gasteiger partial charge in [0.2, 0.25) is 0 Å². The average Bonchev–Trinajstić information content (AvgIpc) is 3.76. The second-order valence-electron chi connectivity index (χ2n) is 14.0. The van der Waals surface area contributed by atoms with Gasteiger partial charge in [0.05, 0.1) is 0 Å². The van der Waals surface area contributed by atoms with Crippen molar-refractivity contribution in [2.24, 2.45) is 0 Å². The predicted octanol–water partition coefficient (Wildman–Crippen LogP) is 14.7. The molecule has 54 heavy (non-hydrogen) atoms. The maximum Gasteiger partial charge on any atom is 0.135 e. The van der Waals surface area contributed by atoms with Crippen molar-refractivity contribution in [2.75, 3.05) is 9.80 Å². The lowest BCUT2D eigenvalue weighted by Gasteiger charge is -2.26. The highest BCUT2D eigenvalue weighted by Gasteiger charge is 2.18. The topological polar surface area (TPSA) is 32.8 Å². The largest absolute Gasteiger partial charge is 0.456 e. The van der Waals surface area contributed by atoms with Gasteiger partial charge in [-0.15, -0.1) is 0 Å². The number of anilines is 6. The molecule has 2 heterocycles. The van der Waals surface area contributed by atoms with Crippen molar-refractivity contribution in [2.45, 2.75) is 13.8 Å². The van der Waals surface area contributed by atoms with Crippen LogP contribution in [0.3, 0.4) is 0 Å². The summed E-state index contributed by atoms with van der Waals surface area (Å²) in [6, 6.07) is 64.4. The highest BCUT2D eigenvalue weighted by Crippen LogP contribution is 2.41. The van der Waals surface area contributed by atoms with E-state index in [1.54, 1.807) is 0 Å². The van der Waals surface area contributed by atoms with E-state index in [0.717, 1.165) is 89.1 Å². The molecule has 4 heteroatoms. The first-order valence-corrected chi connectivity index (χ1v) is 18.3. The summed E-state index contributed by atoms with van der Waals surface area (Å²) in [7, 11) is 0. The lowest BCUT2D eigenvalue weighted by Crippen LogP contribution is -2.10. The normalized spacial score (nSPS) is 11.5. The highest BCUT2D eigenvalue weighted by molar-refractivity contribution is 6.08. The first kappa shape index (κ1) is 31.7. The van der Waals surface area contributed by atoms with Gasteiger partial charge in [-0.05, 0) is 134 Å². The van der Waals surface area contributed by atoms with Crippen LogP contribution >= 0.6 is 0 Å². The van der Waals surface area contributed by atoms with Crippen LogP contribution in [0.5, 0.6) is 0 Å². The fraction of sp³-hybridized carbons (Fsp3) is 0.0400. The summed E-state index contributed by atoms with van der Waals surface area (Å²) in [4.78, 5) is 4.61. The van der Waals surface area contributed by atoms with E-state index in [-0.39, 0.29) is 0 Å². The molecule has 2 aromatic heterocycles. The number of fused-ring (bicyclic) bond motifs is 6. The maximum atomic E-state index is 6.20. The van der Waals surface area contributed by atoms with Gasteiger partial charge in [-0.3, -0.25) is 0 Å². The third kappa shape index (κ3) is 5.56. The number of furan rings is 2. The fourth-order valence-electron chi connectivity index (χ4n) is 7.69. The molecule has 10 aromatic rings. The number of rotatable bonds is 7. The van der Waals surface area contributed by atoms with Gasteiger partial charge >= 0.3 is 0 Å². The number of para-hydroxylation sites is 2. The van der Waals surface area contributed by atoms with Crippen LogP contribution in [0.15, 0.2) is 191 Å². The molecule has 258 valence electrons. The van der Waals surface area contributed by atoms with Crippen LogP contribution in [0.2, 0.25) is 0 Å². The summed E-state index contributed by atoms with van der Waals surface area (Å²) in [5.74, 6) is 0. The van der Waals surface area contributed by atoms with Crippen LogP contribution in [0.25, 0.3) is 55.0 Å². The van der Waals surface area contributed by atoms with Crippen molar-refractivity contribution in [3.05, 3.63) is 193 Å². The van der Waals surface area contributed by atoms with Gasteiger partial charge in [0.25, 0.3) is 0 Å². The van der Waals surface area contributed by atoms with Gasteiger partial charge in [-0.25, -0.2) is 0 Å². The molecule has 0 saturated heterocycles. The molecule has 8 aromatic carbocycles. The van der Waals surface area contributed by atoms with E-state index in [1.807, 2.05) is 0 Å². The second-order valence-corrected chi connectivity index (χ2v) is 14.0. The standard InChI is InChI=1S/C50H36N2O2/c1-33-13-25-47-43(29-33)45-31-41(23-27-49(45)53-47)51(37-9-5-3-6-10-37)39-19-15-35(16-20-39)36-17-21-40(22-18-36)52(38-11-7-4-8-12-38)42-24-28-50-46(32-42)44-30-34(2)14-26-48(44)54-50/h3-32H,1-2H3. The fourth-order valence-corrected chi connectivity index (χ4v) is 7.69. The van der Waals surface area contributed by atoms with Gasteiger partial charge in [0.15, 0.2) is 0 Å². The van der Waals surface area contributed by atoms with Crippen molar-refractivity contribution in [3.8, 4) is 11.1 Å². The molecule has 0 aliphatic carbocycles. The minimum absolute atomic E-state index is 0.891. The maximum absolute atomic E-state index is 6.20. The average molecular weight is 697 g/mol. The van der Waals surface area contributed by atoms with E-state index in [0.29, 0.717) is 0 Å². The van der Waals surface area contributed by atoms with E-state index in [9.17, 15) is 0 Å². The molecule has 0 saturated carbocycles. The van der Waals surface area contributed by atoms with Gasteiger partial charge in [-0.1, -0.05) is 83.9 Å². The van der Waals surface area contributed by atoms with Crippen LogP contribution in [0.1, 0.15) is 11.1 Å². The minimum Gasteiger partial charge on any atom is -0.456 e. The lowest BCUT2D eigenvalue weighted by atomic mass is 10.0. The molecule has 0 aliphatic heterocycles. The number of aryl methyl sites for hydroxylation is 2. The van der Waals surface area contributed by atoms with Crippen LogP contribution in [0.4, 0.5) is 34.1 Å². The van der Waals surface area contributed by atoms with Gasteiger partial charge in [-0.2, -0.15) is 0 Å². The van der Waals surface area contributed by atoms with E-state index in [1.165, 1.54) is 11.1 Å². The van der Waals surface area contributed by atoms with Crippen LogP contribution < -0.4 is 9.80 Å². The van der Waals surface area contributed by atoms with Gasteiger partial charge < -0.3 is 18.6 Å². The summed E-state index contributed by atoms with van der Waals surface area (Å²) in [6.07, 6.45) is 0. The Bertz CT molecular complexity index is 2740. The molecule has 0 fully saturated rings. The molecule has 0 atom stereocenters. The minimum atomic E-state index is 0.891. The molecule has 0 unspecified atom stereocenters. The van der Waals surface area contributed by atoms with Gasteiger partial charge in [0, 0.05) is 55.7 Å². The zero-order valence-corrected chi connectivity index (χ0v) is 30.0. The zero-order chi connectivity index (χ0) is 36.2. The SMILES string of the molecule is Cc1ccc2oc3ccc(N(c4ccccc4)c4ccc(-c5ccc(N(c6ccccc6)c6ccc7oc8ccc(C)cc8c7c6)cc5)cc4)cc3c2c1. The van der Waals surface area contributed by atoms with Crippen LogP contribution in [0, 0.1) is 13.8 Å². The summed E-state index contributed by atoms with van der Waals surface area (Å²) >= 11 is 0. The first-order chi connectivity index (χ1) is 26.6. The Hall–Kier alpha value is -7.04. The first-order valence-electron chi connectivity index (χ1n) is 18.3. The summed E-state index contributed by atoms with van der Waals surface area (Å²) in [5, 5.41) is 4.49. The molecular formula is C50H36N2O2. The van der Waals surface area contributed by atoms with Crippen molar-refractivity contribution < 1.29 is 8.83 Å². The third-order valence-corrected chi connectivity index (χ3v) is 10.3.